The fourth-order valence-electron chi connectivity index (χ4n) is 1.55. The predicted molar refractivity (Wildman–Crippen MR) is 74.0 cm³/mol. The molecule has 1 amide bonds. The molecule has 0 aromatic heterocycles. The SMILES string of the molecule is CS(=O)(=O)CCC(NC(=O)c1cc(F)ccc1N)C(=O)O. The van der Waals surface area contributed by atoms with Crippen LogP contribution in [0.4, 0.5) is 10.1 Å². The van der Waals surface area contributed by atoms with Crippen molar-refractivity contribution in [3.05, 3.63) is 29.6 Å². The summed E-state index contributed by atoms with van der Waals surface area (Å²) in [4.78, 5) is 22.9. The van der Waals surface area contributed by atoms with E-state index in [0.29, 0.717) is 0 Å². The fourth-order valence-corrected chi connectivity index (χ4v) is 2.21. The third-order valence-electron chi connectivity index (χ3n) is 2.64. The predicted octanol–water partition coefficient (Wildman–Crippen LogP) is 0.0256. The van der Waals surface area contributed by atoms with Crippen molar-refractivity contribution in [3.63, 3.8) is 0 Å². The van der Waals surface area contributed by atoms with E-state index >= 15 is 0 Å². The third kappa shape index (κ3) is 5.38. The molecule has 4 N–H and O–H groups in total. The molecule has 0 fully saturated rings. The smallest absolute Gasteiger partial charge is 0.326 e. The number of carboxylic acid groups (broad SMARTS) is 1. The molecule has 0 spiro atoms. The minimum Gasteiger partial charge on any atom is -0.480 e. The van der Waals surface area contributed by atoms with Crippen molar-refractivity contribution in [1.82, 2.24) is 5.32 Å². The molecule has 116 valence electrons. The van der Waals surface area contributed by atoms with Crippen LogP contribution in [-0.4, -0.2) is 43.5 Å². The number of hydrogen-bond acceptors (Lipinski definition) is 5. The van der Waals surface area contributed by atoms with E-state index in [0.717, 1.165) is 18.4 Å². The highest BCUT2D eigenvalue weighted by molar-refractivity contribution is 7.90. The van der Waals surface area contributed by atoms with Crippen LogP contribution in [-0.2, 0) is 14.6 Å². The van der Waals surface area contributed by atoms with E-state index in [-0.39, 0.29) is 17.7 Å². The monoisotopic (exact) mass is 318 g/mol. The summed E-state index contributed by atoms with van der Waals surface area (Å²) < 4.78 is 35.2. The number of amides is 1. The lowest BCUT2D eigenvalue weighted by Crippen LogP contribution is -2.42. The molecule has 1 rings (SSSR count). The van der Waals surface area contributed by atoms with E-state index < -0.39 is 39.3 Å². The molecule has 0 bridgehead atoms. The molecule has 7 nitrogen and oxygen atoms in total. The molecule has 0 saturated heterocycles. The van der Waals surface area contributed by atoms with Gasteiger partial charge in [-0.3, -0.25) is 4.79 Å². The lowest BCUT2D eigenvalue weighted by atomic mass is 10.1. The van der Waals surface area contributed by atoms with Crippen LogP contribution in [0.3, 0.4) is 0 Å². The van der Waals surface area contributed by atoms with E-state index in [2.05, 4.69) is 5.32 Å². The van der Waals surface area contributed by atoms with Crippen molar-refractivity contribution in [1.29, 1.82) is 0 Å². The molecule has 0 aliphatic heterocycles. The normalized spacial score (nSPS) is 12.7. The maximum Gasteiger partial charge on any atom is 0.326 e. The topological polar surface area (TPSA) is 127 Å². The van der Waals surface area contributed by atoms with Gasteiger partial charge in [0.05, 0.1) is 11.3 Å². The van der Waals surface area contributed by atoms with Crippen molar-refractivity contribution in [2.24, 2.45) is 0 Å². The van der Waals surface area contributed by atoms with Gasteiger partial charge in [0.1, 0.15) is 21.7 Å². The summed E-state index contributed by atoms with van der Waals surface area (Å²) in [7, 11) is -3.37. The van der Waals surface area contributed by atoms with E-state index in [1.165, 1.54) is 6.07 Å². The number of carbonyl (C=O) groups is 2. The summed E-state index contributed by atoms with van der Waals surface area (Å²) in [6.45, 7) is 0. The van der Waals surface area contributed by atoms with Gasteiger partial charge in [-0.25, -0.2) is 17.6 Å². The zero-order valence-electron chi connectivity index (χ0n) is 11.2. The van der Waals surface area contributed by atoms with E-state index in [1.54, 1.807) is 0 Å². The molecule has 0 aliphatic rings. The zero-order chi connectivity index (χ0) is 16.2. The Morgan fingerprint density at radius 1 is 1.43 bits per heavy atom. The summed E-state index contributed by atoms with van der Waals surface area (Å²) in [5, 5.41) is 11.1. The average Bonchev–Trinajstić information content (AvgIpc) is 2.35. The standard InChI is InChI=1S/C12H15FN2O5S/c1-21(19,20)5-4-10(12(17)18)15-11(16)8-6-7(13)2-3-9(8)14/h2-3,6,10H,4-5,14H2,1H3,(H,15,16)(H,17,18). The van der Waals surface area contributed by atoms with Crippen molar-refractivity contribution in [2.75, 3.05) is 17.7 Å². The molecular weight excluding hydrogens is 303 g/mol. The number of nitrogens with two attached hydrogens (primary N) is 1. The third-order valence-corrected chi connectivity index (χ3v) is 3.62. The Bertz CT molecular complexity index is 660. The highest BCUT2D eigenvalue weighted by Crippen LogP contribution is 2.13. The van der Waals surface area contributed by atoms with Crippen molar-refractivity contribution < 1.29 is 27.5 Å². The molecule has 0 aliphatic carbocycles. The van der Waals surface area contributed by atoms with Gasteiger partial charge in [0.2, 0.25) is 0 Å². The second-order valence-corrected chi connectivity index (χ2v) is 6.77. The molecule has 1 atom stereocenters. The first kappa shape index (κ1) is 16.9. The number of nitrogen functional groups attached to an aromatic ring is 1. The molecule has 1 aromatic rings. The maximum absolute atomic E-state index is 13.1. The Kier molecular flexibility index (Phi) is 5.25. The fraction of sp³-hybridized carbons (Fsp3) is 0.333. The van der Waals surface area contributed by atoms with Gasteiger partial charge in [-0.1, -0.05) is 0 Å². The number of nitrogens with one attached hydrogen (secondary N) is 1. The first-order chi connectivity index (χ1) is 9.60. The summed E-state index contributed by atoms with van der Waals surface area (Å²) in [6.07, 6.45) is 0.660. The van der Waals surface area contributed by atoms with Crippen molar-refractivity contribution >= 4 is 27.4 Å². The molecule has 9 heteroatoms. The van der Waals surface area contributed by atoms with Crippen molar-refractivity contribution in [3.8, 4) is 0 Å². The van der Waals surface area contributed by atoms with Gasteiger partial charge >= 0.3 is 5.97 Å². The molecular formula is C12H15FN2O5S. The maximum atomic E-state index is 13.1. The van der Waals surface area contributed by atoms with Gasteiger partial charge < -0.3 is 16.2 Å². The van der Waals surface area contributed by atoms with E-state index in [1.807, 2.05) is 0 Å². The number of carbonyl (C=O) groups excluding carboxylic acids is 1. The van der Waals surface area contributed by atoms with Gasteiger partial charge in [0.25, 0.3) is 5.91 Å². The van der Waals surface area contributed by atoms with Crippen LogP contribution in [0.5, 0.6) is 0 Å². The van der Waals surface area contributed by atoms with Gasteiger partial charge in [-0.15, -0.1) is 0 Å². The Labute approximate surface area is 120 Å². The number of sulfone groups is 1. The number of rotatable bonds is 6. The number of anilines is 1. The van der Waals surface area contributed by atoms with Crippen LogP contribution in [0.25, 0.3) is 0 Å². The second kappa shape index (κ2) is 6.53. The summed E-state index contributed by atoms with van der Waals surface area (Å²) in [6, 6.07) is 1.70. The number of halogens is 1. The first-order valence-electron chi connectivity index (χ1n) is 5.86. The zero-order valence-corrected chi connectivity index (χ0v) is 12.0. The number of hydrogen-bond donors (Lipinski definition) is 3. The van der Waals surface area contributed by atoms with Crippen LogP contribution in [0, 0.1) is 5.82 Å². The van der Waals surface area contributed by atoms with Crippen molar-refractivity contribution in [2.45, 2.75) is 12.5 Å². The lowest BCUT2D eigenvalue weighted by Gasteiger charge is -2.15. The number of benzene rings is 1. The van der Waals surface area contributed by atoms with Gasteiger partial charge in [0.15, 0.2) is 0 Å². The highest BCUT2D eigenvalue weighted by Gasteiger charge is 2.23. The molecule has 21 heavy (non-hydrogen) atoms. The summed E-state index contributed by atoms with van der Waals surface area (Å²) >= 11 is 0. The molecule has 0 heterocycles. The van der Waals surface area contributed by atoms with Gasteiger partial charge in [-0.05, 0) is 24.6 Å². The van der Waals surface area contributed by atoms with Crippen LogP contribution in [0.1, 0.15) is 16.8 Å². The summed E-state index contributed by atoms with van der Waals surface area (Å²) in [5.74, 6) is -3.37. The van der Waals surface area contributed by atoms with Crippen LogP contribution in [0.2, 0.25) is 0 Å². The Morgan fingerprint density at radius 2 is 2.05 bits per heavy atom. The largest absolute Gasteiger partial charge is 0.480 e. The molecule has 1 unspecified atom stereocenters. The Morgan fingerprint density at radius 3 is 2.57 bits per heavy atom. The highest BCUT2D eigenvalue weighted by atomic mass is 32.2. The van der Waals surface area contributed by atoms with Crippen LogP contribution < -0.4 is 11.1 Å². The van der Waals surface area contributed by atoms with Gasteiger partial charge in [0, 0.05) is 11.9 Å². The Hall–Kier alpha value is -2.16. The molecule has 0 radical (unpaired) electrons. The summed E-state index contributed by atoms with van der Waals surface area (Å²) in [5.41, 5.74) is 5.29. The second-order valence-electron chi connectivity index (χ2n) is 4.51. The first-order valence-corrected chi connectivity index (χ1v) is 7.92. The van der Waals surface area contributed by atoms with Crippen LogP contribution >= 0.6 is 0 Å². The minimum absolute atomic E-state index is 0.0128. The molecule has 0 saturated carbocycles. The molecule has 1 aromatic carbocycles. The lowest BCUT2D eigenvalue weighted by molar-refractivity contribution is -0.139. The van der Waals surface area contributed by atoms with Gasteiger partial charge in [-0.2, -0.15) is 0 Å². The van der Waals surface area contributed by atoms with Crippen LogP contribution in [0.15, 0.2) is 18.2 Å². The van der Waals surface area contributed by atoms with E-state index in [9.17, 15) is 22.4 Å². The number of aliphatic carboxylic acids is 1. The quantitative estimate of drug-likeness (QED) is 0.635. The number of carboxylic acids is 1. The average molecular weight is 318 g/mol. The Balaban J connectivity index is 2.86. The minimum atomic E-state index is -3.37. The van der Waals surface area contributed by atoms with E-state index in [4.69, 9.17) is 10.8 Å².